The summed E-state index contributed by atoms with van der Waals surface area (Å²) in [6.45, 7) is 7.37. The van der Waals surface area contributed by atoms with Gasteiger partial charge in [-0.3, -0.25) is 0 Å². The summed E-state index contributed by atoms with van der Waals surface area (Å²) in [6, 6.07) is 0. The molecular weight excluding hydrogens is 162 g/mol. The zero-order valence-electron chi connectivity index (χ0n) is 9.18. The van der Waals surface area contributed by atoms with Gasteiger partial charge in [0.05, 0.1) is 5.69 Å². The quantitative estimate of drug-likeness (QED) is 0.748. The van der Waals surface area contributed by atoms with Crippen LogP contribution in [0.5, 0.6) is 0 Å². The average Bonchev–Trinajstić information content (AvgIpc) is 2.30. The highest BCUT2D eigenvalue weighted by molar-refractivity contribution is 5.10. The molecule has 0 aliphatic rings. The van der Waals surface area contributed by atoms with Crippen LogP contribution < -0.4 is 5.32 Å². The van der Waals surface area contributed by atoms with Crippen LogP contribution in [-0.4, -0.2) is 16.6 Å². The Kier molecular flexibility index (Phi) is 2.76. The first-order chi connectivity index (χ1) is 5.95. The molecule has 0 fully saturated rings. The van der Waals surface area contributed by atoms with E-state index in [9.17, 15) is 0 Å². The highest BCUT2D eigenvalue weighted by Gasteiger charge is 2.19. The van der Waals surface area contributed by atoms with Crippen molar-refractivity contribution in [2.75, 3.05) is 7.05 Å². The number of hydrogen-bond donors (Lipinski definition) is 1. The first-order valence-electron chi connectivity index (χ1n) is 4.62. The molecule has 0 aliphatic carbocycles. The zero-order valence-corrected chi connectivity index (χ0v) is 9.18. The van der Waals surface area contributed by atoms with Crippen molar-refractivity contribution >= 4 is 0 Å². The van der Waals surface area contributed by atoms with Gasteiger partial charge in [0.2, 0.25) is 0 Å². The van der Waals surface area contributed by atoms with E-state index in [1.165, 1.54) is 0 Å². The van der Waals surface area contributed by atoms with Crippen molar-refractivity contribution in [2.45, 2.75) is 32.7 Å². The largest absolute Gasteiger partial charge is 0.337 e. The fourth-order valence-corrected chi connectivity index (χ4v) is 1.49. The molecule has 0 amide bonds. The van der Waals surface area contributed by atoms with E-state index in [2.05, 4.69) is 41.8 Å². The molecule has 1 heterocycles. The van der Waals surface area contributed by atoms with Crippen LogP contribution in [-0.2, 0) is 19.0 Å². The monoisotopic (exact) mass is 181 g/mol. The molecule has 1 aromatic heterocycles. The highest BCUT2D eigenvalue weighted by Crippen LogP contribution is 2.20. The van der Waals surface area contributed by atoms with Crippen LogP contribution in [0.25, 0.3) is 0 Å². The van der Waals surface area contributed by atoms with E-state index in [1.54, 1.807) is 0 Å². The molecule has 0 radical (unpaired) electrons. The average molecular weight is 181 g/mol. The van der Waals surface area contributed by atoms with E-state index in [4.69, 9.17) is 0 Å². The molecule has 13 heavy (non-hydrogen) atoms. The third-order valence-electron chi connectivity index (χ3n) is 1.95. The van der Waals surface area contributed by atoms with Gasteiger partial charge < -0.3 is 9.88 Å². The minimum absolute atomic E-state index is 0.126. The topological polar surface area (TPSA) is 29.9 Å². The predicted molar refractivity (Wildman–Crippen MR) is 54.7 cm³/mol. The molecule has 0 saturated carbocycles. The highest BCUT2D eigenvalue weighted by atomic mass is 15.1. The summed E-state index contributed by atoms with van der Waals surface area (Å²) in [6.07, 6.45) is 2.08. The van der Waals surface area contributed by atoms with Gasteiger partial charge in [0.25, 0.3) is 0 Å². The van der Waals surface area contributed by atoms with Crippen molar-refractivity contribution in [1.82, 2.24) is 14.9 Å². The van der Waals surface area contributed by atoms with Crippen LogP contribution in [0.4, 0.5) is 0 Å². The summed E-state index contributed by atoms with van der Waals surface area (Å²) in [7, 11) is 3.98. The lowest BCUT2D eigenvalue weighted by Crippen LogP contribution is -2.17. The molecule has 0 aromatic carbocycles. The lowest BCUT2D eigenvalue weighted by Gasteiger charge is -2.17. The molecule has 0 atom stereocenters. The number of nitrogens with zero attached hydrogens (tertiary/aromatic N) is 2. The van der Waals surface area contributed by atoms with Crippen molar-refractivity contribution in [2.24, 2.45) is 7.05 Å². The number of aromatic nitrogens is 2. The van der Waals surface area contributed by atoms with E-state index in [0.29, 0.717) is 0 Å². The second kappa shape index (κ2) is 3.50. The predicted octanol–water partition coefficient (Wildman–Crippen LogP) is 1.44. The smallest absolute Gasteiger partial charge is 0.114 e. The van der Waals surface area contributed by atoms with Crippen LogP contribution in [0.15, 0.2) is 6.20 Å². The zero-order chi connectivity index (χ0) is 10.1. The molecule has 1 N–H and O–H groups in total. The van der Waals surface area contributed by atoms with Gasteiger partial charge in [-0.1, -0.05) is 20.8 Å². The maximum absolute atomic E-state index is 4.57. The SMILES string of the molecule is CNCc1cn(C)c(C(C)(C)C)n1. The first-order valence-corrected chi connectivity index (χ1v) is 4.62. The number of nitrogens with one attached hydrogen (secondary N) is 1. The van der Waals surface area contributed by atoms with Crippen LogP contribution in [0.3, 0.4) is 0 Å². The van der Waals surface area contributed by atoms with Gasteiger partial charge in [-0.2, -0.15) is 0 Å². The fraction of sp³-hybridized carbons (Fsp3) is 0.700. The van der Waals surface area contributed by atoms with Crippen molar-refractivity contribution < 1.29 is 0 Å². The third-order valence-corrected chi connectivity index (χ3v) is 1.95. The molecule has 0 unspecified atom stereocenters. The Labute approximate surface area is 80.2 Å². The summed E-state index contributed by atoms with van der Waals surface area (Å²) in [4.78, 5) is 4.57. The van der Waals surface area contributed by atoms with Gasteiger partial charge in [0.1, 0.15) is 5.82 Å². The summed E-state index contributed by atoms with van der Waals surface area (Å²) in [5.74, 6) is 1.14. The maximum Gasteiger partial charge on any atom is 0.114 e. The third kappa shape index (κ3) is 2.31. The van der Waals surface area contributed by atoms with Gasteiger partial charge in [0.15, 0.2) is 0 Å². The molecule has 0 aliphatic heterocycles. The van der Waals surface area contributed by atoms with E-state index >= 15 is 0 Å². The molecule has 3 heteroatoms. The van der Waals surface area contributed by atoms with Gasteiger partial charge >= 0.3 is 0 Å². The Morgan fingerprint density at radius 3 is 2.46 bits per heavy atom. The molecular formula is C10H19N3. The van der Waals surface area contributed by atoms with Crippen LogP contribution in [0.2, 0.25) is 0 Å². The van der Waals surface area contributed by atoms with Gasteiger partial charge in [-0.25, -0.2) is 4.98 Å². The number of hydrogen-bond acceptors (Lipinski definition) is 2. The molecule has 1 rings (SSSR count). The van der Waals surface area contributed by atoms with Crippen molar-refractivity contribution in [3.63, 3.8) is 0 Å². The second-order valence-electron chi connectivity index (χ2n) is 4.45. The summed E-state index contributed by atoms with van der Waals surface area (Å²) < 4.78 is 2.10. The molecule has 3 nitrogen and oxygen atoms in total. The summed E-state index contributed by atoms with van der Waals surface area (Å²) >= 11 is 0. The Hall–Kier alpha value is -0.830. The Balaban J connectivity index is 2.96. The minimum atomic E-state index is 0.126. The summed E-state index contributed by atoms with van der Waals surface area (Å²) in [5, 5.41) is 3.10. The second-order valence-corrected chi connectivity index (χ2v) is 4.45. The normalized spacial score (nSPS) is 12.1. The van der Waals surface area contributed by atoms with Crippen molar-refractivity contribution in [1.29, 1.82) is 0 Å². The Bertz CT molecular complexity index is 281. The van der Waals surface area contributed by atoms with Crippen LogP contribution in [0, 0.1) is 0 Å². The summed E-state index contributed by atoms with van der Waals surface area (Å²) in [5.41, 5.74) is 1.23. The minimum Gasteiger partial charge on any atom is -0.337 e. The first kappa shape index (κ1) is 10.3. The van der Waals surface area contributed by atoms with Crippen molar-refractivity contribution in [3.05, 3.63) is 17.7 Å². The molecule has 1 aromatic rings. The molecule has 0 saturated heterocycles. The Morgan fingerprint density at radius 2 is 2.08 bits per heavy atom. The molecule has 0 bridgehead atoms. The maximum atomic E-state index is 4.57. The lowest BCUT2D eigenvalue weighted by atomic mass is 9.96. The number of rotatable bonds is 2. The van der Waals surface area contributed by atoms with E-state index in [1.807, 2.05) is 14.1 Å². The van der Waals surface area contributed by atoms with Crippen LogP contribution in [0.1, 0.15) is 32.3 Å². The number of aryl methyl sites for hydroxylation is 1. The Morgan fingerprint density at radius 1 is 1.46 bits per heavy atom. The van der Waals surface area contributed by atoms with Gasteiger partial charge in [-0.15, -0.1) is 0 Å². The van der Waals surface area contributed by atoms with E-state index in [-0.39, 0.29) is 5.41 Å². The number of imidazole rings is 1. The van der Waals surface area contributed by atoms with Crippen LogP contribution >= 0.6 is 0 Å². The standard InChI is InChI=1S/C10H19N3/c1-10(2,3)9-12-8(6-11-4)7-13(9)5/h7,11H,6H2,1-5H3. The fourth-order valence-electron chi connectivity index (χ4n) is 1.49. The van der Waals surface area contributed by atoms with Crippen molar-refractivity contribution in [3.8, 4) is 0 Å². The van der Waals surface area contributed by atoms with E-state index < -0.39 is 0 Å². The van der Waals surface area contributed by atoms with Gasteiger partial charge in [0, 0.05) is 25.2 Å². The molecule has 0 spiro atoms. The molecule has 74 valence electrons. The van der Waals surface area contributed by atoms with Gasteiger partial charge in [-0.05, 0) is 7.05 Å². The lowest BCUT2D eigenvalue weighted by molar-refractivity contribution is 0.521. The van der Waals surface area contributed by atoms with E-state index in [0.717, 1.165) is 18.1 Å².